The minimum atomic E-state index is -0.0787. The van der Waals surface area contributed by atoms with Crippen LogP contribution in [0.2, 0.25) is 0 Å². The standard InChI is InChI=1S/C15H21N3O2/c1-10-4-5-11(15(20)17-12-6-7-12)9-13(10)18-14(19)3-2-8-16/h4-5,9,12H,2-3,6-8,16H2,1H3,(H,17,20)(H,18,19). The van der Waals surface area contributed by atoms with Gasteiger partial charge in [-0.05, 0) is 50.4 Å². The van der Waals surface area contributed by atoms with Crippen LogP contribution in [0.25, 0.3) is 0 Å². The molecular formula is C15H21N3O2. The molecule has 5 nitrogen and oxygen atoms in total. The number of anilines is 1. The van der Waals surface area contributed by atoms with Gasteiger partial charge in [0.2, 0.25) is 5.91 Å². The molecule has 0 spiro atoms. The van der Waals surface area contributed by atoms with Crippen LogP contribution in [0.15, 0.2) is 18.2 Å². The Morgan fingerprint density at radius 3 is 2.75 bits per heavy atom. The summed E-state index contributed by atoms with van der Waals surface area (Å²) < 4.78 is 0. The first-order chi connectivity index (χ1) is 9.60. The second-order valence-corrected chi connectivity index (χ2v) is 5.22. The van der Waals surface area contributed by atoms with Crippen molar-refractivity contribution in [2.24, 2.45) is 5.73 Å². The number of carbonyl (C=O) groups is 2. The van der Waals surface area contributed by atoms with Crippen molar-refractivity contribution in [1.29, 1.82) is 0 Å². The summed E-state index contributed by atoms with van der Waals surface area (Å²) in [7, 11) is 0. The Kier molecular flexibility index (Phi) is 4.74. The fourth-order valence-electron chi connectivity index (χ4n) is 1.87. The first kappa shape index (κ1) is 14.5. The summed E-state index contributed by atoms with van der Waals surface area (Å²) in [6.07, 6.45) is 3.17. The molecule has 2 amide bonds. The van der Waals surface area contributed by atoms with E-state index in [9.17, 15) is 9.59 Å². The molecule has 1 aliphatic rings. The number of rotatable bonds is 6. The Labute approximate surface area is 118 Å². The summed E-state index contributed by atoms with van der Waals surface area (Å²) in [6.45, 7) is 2.40. The number of aryl methyl sites for hydroxylation is 1. The highest BCUT2D eigenvalue weighted by Gasteiger charge is 2.24. The van der Waals surface area contributed by atoms with Crippen LogP contribution in [0.3, 0.4) is 0 Å². The van der Waals surface area contributed by atoms with Crippen LogP contribution in [0.5, 0.6) is 0 Å². The summed E-state index contributed by atoms with van der Waals surface area (Å²) in [5, 5.41) is 5.77. The minimum Gasteiger partial charge on any atom is -0.349 e. The van der Waals surface area contributed by atoms with E-state index in [1.54, 1.807) is 12.1 Å². The van der Waals surface area contributed by atoms with Gasteiger partial charge in [0, 0.05) is 23.7 Å². The highest BCUT2D eigenvalue weighted by Crippen LogP contribution is 2.21. The lowest BCUT2D eigenvalue weighted by atomic mass is 10.1. The third-order valence-corrected chi connectivity index (χ3v) is 3.29. The Balaban J connectivity index is 2.03. The quantitative estimate of drug-likeness (QED) is 0.736. The monoisotopic (exact) mass is 275 g/mol. The molecule has 1 aromatic rings. The van der Waals surface area contributed by atoms with Gasteiger partial charge in [-0.15, -0.1) is 0 Å². The molecule has 5 heteroatoms. The van der Waals surface area contributed by atoms with Gasteiger partial charge in [-0.1, -0.05) is 6.07 Å². The van der Waals surface area contributed by atoms with E-state index < -0.39 is 0 Å². The number of nitrogens with one attached hydrogen (secondary N) is 2. The summed E-state index contributed by atoms with van der Waals surface area (Å²) >= 11 is 0. The molecule has 2 rings (SSSR count). The third-order valence-electron chi connectivity index (χ3n) is 3.29. The fraction of sp³-hybridized carbons (Fsp3) is 0.467. The molecule has 0 saturated heterocycles. The van der Waals surface area contributed by atoms with Crippen LogP contribution in [-0.4, -0.2) is 24.4 Å². The smallest absolute Gasteiger partial charge is 0.251 e. The highest BCUT2D eigenvalue weighted by molar-refractivity contribution is 5.98. The number of carbonyl (C=O) groups excluding carboxylic acids is 2. The van der Waals surface area contributed by atoms with Crippen molar-refractivity contribution >= 4 is 17.5 Å². The number of benzene rings is 1. The molecule has 0 aromatic heterocycles. The molecule has 1 aromatic carbocycles. The van der Waals surface area contributed by atoms with Gasteiger partial charge in [0.05, 0.1) is 0 Å². The molecule has 1 fully saturated rings. The number of hydrogen-bond donors (Lipinski definition) is 3. The lowest BCUT2D eigenvalue weighted by Gasteiger charge is -2.10. The highest BCUT2D eigenvalue weighted by atomic mass is 16.2. The zero-order valence-corrected chi connectivity index (χ0v) is 11.7. The van der Waals surface area contributed by atoms with Crippen molar-refractivity contribution in [3.63, 3.8) is 0 Å². The van der Waals surface area contributed by atoms with Gasteiger partial charge in [0.25, 0.3) is 5.91 Å². The second-order valence-electron chi connectivity index (χ2n) is 5.22. The summed E-state index contributed by atoms with van der Waals surface area (Å²) in [5.74, 6) is -0.150. The van der Waals surface area contributed by atoms with Gasteiger partial charge in [0.15, 0.2) is 0 Å². The average Bonchev–Trinajstić information content (AvgIpc) is 3.22. The number of amides is 2. The molecule has 1 aliphatic carbocycles. The van der Waals surface area contributed by atoms with E-state index >= 15 is 0 Å². The number of nitrogens with two attached hydrogens (primary N) is 1. The van der Waals surface area contributed by atoms with E-state index in [2.05, 4.69) is 10.6 Å². The van der Waals surface area contributed by atoms with Crippen LogP contribution in [0, 0.1) is 6.92 Å². The van der Waals surface area contributed by atoms with Crippen molar-refractivity contribution in [2.45, 2.75) is 38.6 Å². The van der Waals surface area contributed by atoms with Crippen LogP contribution in [0.1, 0.15) is 41.6 Å². The number of hydrogen-bond acceptors (Lipinski definition) is 3. The van der Waals surface area contributed by atoms with Crippen molar-refractivity contribution in [2.75, 3.05) is 11.9 Å². The normalized spacial score (nSPS) is 13.9. The molecule has 0 heterocycles. The van der Waals surface area contributed by atoms with Gasteiger partial charge < -0.3 is 16.4 Å². The lowest BCUT2D eigenvalue weighted by Crippen LogP contribution is -2.25. The predicted octanol–water partition coefficient (Wildman–Crippen LogP) is 1.56. The van der Waals surface area contributed by atoms with Gasteiger partial charge >= 0.3 is 0 Å². The van der Waals surface area contributed by atoms with Gasteiger partial charge in [-0.25, -0.2) is 0 Å². The molecule has 1 saturated carbocycles. The van der Waals surface area contributed by atoms with Crippen molar-refractivity contribution in [3.05, 3.63) is 29.3 Å². The lowest BCUT2D eigenvalue weighted by molar-refractivity contribution is -0.116. The first-order valence-corrected chi connectivity index (χ1v) is 7.01. The average molecular weight is 275 g/mol. The molecule has 20 heavy (non-hydrogen) atoms. The summed E-state index contributed by atoms with van der Waals surface area (Å²) in [6, 6.07) is 5.68. The largest absolute Gasteiger partial charge is 0.349 e. The van der Waals surface area contributed by atoms with E-state index in [1.165, 1.54) is 0 Å². The van der Waals surface area contributed by atoms with E-state index in [1.807, 2.05) is 13.0 Å². The molecular weight excluding hydrogens is 254 g/mol. The Hall–Kier alpha value is -1.88. The van der Waals surface area contributed by atoms with Crippen molar-refractivity contribution < 1.29 is 9.59 Å². The molecule has 0 unspecified atom stereocenters. The zero-order valence-electron chi connectivity index (χ0n) is 11.7. The minimum absolute atomic E-state index is 0.0710. The topological polar surface area (TPSA) is 84.2 Å². The zero-order chi connectivity index (χ0) is 14.5. The second kappa shape index (κ2) is 6.52. The Morgan fingerprint density at radius 1 is 1.35 bits per heavy atom. The molecule has 108 valence electrons. The Bertz CT molecular complexity index is 510. The van der Waals surface area contributed by atoms with Crippen LogP contribution in [0.4, 0.5) is 5.69 Å². The van der Waals surface area contributed by atoms with Crippen molar-refractivity contribution in [3.8, 4) is 0 Å². The van der Waals surface area contributed by atoms with E-state index in [4.69, 9.17) is 5.73 Å². The maximum atomic E-state index is 12.0. The predicted molar refractivity (Wildman–Crippen MR) is 78.6 cm³/mol. The van der Waals surface area contributed by atoms with Crippen molar-refractivity contribution in [1.82, 2.24) is 5.32 Å². The SMILES string of the molecule is Cc1ccc(C(=O)NC2CC2)cc1NC(=O)CCCN. The fourth-order valence-corrected chi connectivity index (χ4v) is 1.87. The van der Waals surface area contributed by atoms with E-state index in [-0.39, 0.29) is 11.8 Å². The maximum absolute atomic E-state index is 12.0. The Morgan fingerprint density at radius 2 is 2.10 bits per heavy atom. The van der Waals surface area contributed by atoms with Crippen LogP contribution >= 0.6 is 0 Å². The summed E-state index contributed by atoms with van der Waals surface area (Å²) in [5.41, 5.74) is 7.59. The molecule has 0 radical (unpaired) electrons. The third kappa shape index (κ3) is 4.06. The van der Waals surface area contributed by atoms with Gasteiger partial charge in [-0.2, -0.15) is 0 Å². The summed E-state index contributed by atoms with van der Waals surface area (Å²) in [4.78, 5) is 23.7. The van der Waals surface area contributed by atoms with Crippen LogP contribution < -0.4 is 16.4 Å². The van der Waals surface area contributed by atoms with E-state index in [0.717, 1.165) is 18.4 Å². The van der Waals surface area contributed by atoms with E-state index in [0.29, 0.717) is 36.7 Å². The van der Waals surface area contributed by atoms with Crippen LogP contribution in [-0.2, 0) is 4.79 Å². The van der Waals surface area contributed by atoms with Gasteiger partial charge in [-0.3, -0.25) is 9.59 Å². The molecule has 0 aliphatic heterocycles. The molecule has 0 atom stereocenters. The maximum Gasteiger partial charge on any atom is 0.251 e. The molecule has 0 bridgehead atoms. The first-order valence-electron chi connectivity index (χ1n) is 7.01. The molecule has 4 N–H and O–H groups in total. The van der Waals surface area contributed by atoms with Gasteiger partial charge in [0.1, 0.15) is 0 Å².